The van der Waals surface area contributed by atoms with Gasteiger partial charge in [-0.25, -0.2) is 4.98 Å². The second kappa shape index (κ2) is 8.87. The number of aromatic hydroxyl groups is 1. The predicted molar refractivity (Wildman–Crippen MR) is 133 cm³/mol. The van der Waals surface area contributed by atoms with Gasteiger partial charge in [0.2, 0.25) is 5.88 Å². The molecule has 4 aromatic rings. The zero-order valence-corrected chi connectivity index (χ0v) is 21.9. The zero-order chi connectivity index (χ0) is 22.6. The van der Waals surface area contributed by atoms with E-state index in [4.69, 9.17) is 9.73 Å². The number of aromatic nitrogens is 1. The van der Waals surface area contributed by atoms with Crippen LogP contribution in [0.1, 0.15) is 36.6 Å². The van der Waals surface area contributed by atoms with Crippen LogP contribution >= 0.6 is 11.8 Å². The van der Waals surface area contributed by atoms with Crippen molar-refractivity contribution in [2.45, 2.75) is 31.1 Å². The van der Waals surface area contributed by atoms with Gasteiger partial charge in [0.15, 0.2) is 0 Å². The molecule has 1 aliphatic carbocycles. The molecule has 34 heavy (non-hydrogen) atoms. The van der Waals surface area contributed by atoms with Crippen LogP contribution < -0.4 is 4.74 Å². The smallest absolute Gasteiger partial charge is 0.217 e. The average Bonchev–Trinajstić information content (AvgIpc) is 3.35. The van der Waals surface area contributed by atoms with Crippen molar-refractivity contribution in [3.8, 4) is 17.4 Å². The molecule has 0 saturated carbocycles. The van der Waals surface area contributed by atoms with Gasteiger partial charge in [-0.2, -0.15) is 0 Å². The van der Waals surface area contributed by atoms with Crippen LogP contribution in [0, 0.1) is 12.0 Å². The number of fused-ring (bicyclic) bond motifs is 4. The Balaban J connectivity index is 0.00000241. The monoisotopic (exact) mass is 646 g/mol. The zero-order valence-electron chi connectivity index (χ0n) is 18.8. The molecule has 0 fully saturated rings. The van der Waals surface area contributed by atoms with E-state index in [1.165, 1.54) is 11.1 Å². The SMILES string of the molecule is CC(C)[C@@]12Cc3ccccc3[C@@H]1N=C(c1[c-]c(Oc3ccc4cccc(O)c4n3)ccc1)S2.[Pt]. The van der Waals surface area contributed by atoms with E-state index in [2.05, 4.69) is 49.2 Å². The largest absolute Gasteiger partial charge is 0.506 e. The molecule has 0 amide bonds. The molecule has 1 N–H and O–H groups in total. The van der Waals surface area contributed by atoms with Crippen LogP contribution in [0.3, 0.4) is 0 Å². The Morgan fingerprint density at radius 2 is 1.85 bits per heavy atom. The van der Waals surface area contributed by atoms with Gasteiger partial charge in [0, 0.05) is 48.1 Å². The van der Waals surface area contributed by atoms with Crippen molar-refractivity contribution >= 4 is 27.7 Å². The van der Waals surface area contributed by atoms with Crippen molar-refractivity contribution < 1.29 is 30.9 Å². The van der Waals surface area contributed by atoms with E-state index < -0.39 is 0 Å². The van der Waals surface area contributed by atoms with Gasteiger partial charge in [0.05, 0.1) is 6.04 Å². The summed E-state index contributed by atoms with van der Waals surface area (Å²) >= 11 is 1.88. The summed E-state index contributed by atoms with van der Waals surface area (Å²) in [6, 6.07) is 27.2. The van der Waals surface area contributed by atoms with Crippen molar-refractivity contribution in [2.24, 2.45) is 10.9 Å². The van der Waals surface area contributed by atoms with Gasteiger partial charge in [-0.1, -0.05) is 56.3 Å². The van der Waals surface area contributed by atoms with Gasteiger partial charge < -0.3 is 14.8 Å². The molecule has 0 spiro atoms. The summed E-state index contributed by atoms with van der Waals surface area (Å²) in [5.74, 6) is 1.62. The summed E-state index contributed by atoms with van der Waals surface area (Å²) in [6.45, 7) is 4.60. The van der Waals surface area contributed by atoms with Crippen molar-refractivity contribution in [1.29, 1.82) is 0 Å². The topological polar surface area (TPSA) is 54.7 Å². The molecule has 0 unspecified atom stereocenters. The van der Waals surface area contributed by atoms with Crippen LogP contribution in [0.15, 0.2) is 77.8 Å². The molecule has 2 atom stereocenters. The molecule has 2 aliphatic rings. The molecular weight excluding hydrogens is 623 g/mol. The number of rotatable bonds is 4. The second-order valence-corrected chi connectivity index (χ2v) is 10.3. The third kappa shape index (κ3) is 3.75. The van der Waals surface area contributed by atoms with Gasteiger partial charge in [0.1, 0.15) is 11.3 Å². The molecular formula is C28H23N2O2PtS-. The molecule has 6 rings (SSSR count). The van der Waals surface area contributed by atoms with Gasteiger partial charge >= 0.3 is 0 Å². The fraction of sp³-hybridized carbons (Fsp3) is 0.214. The first-order valence-corrected chi connectivity index (χ1v) is 12.0. The standard InChI is InChI=1S/C28H23N2O2S.Pt/c1-17(2)28-16-20-7-3-4-11-22(20)26(28)30-27(33-28)19-9-5-10-21(15-19)32-24-14-13-18-8-6-12-23(31)25(18)29-24;/h3-14,17,26,31H,16H2,1-2H3;/q-1;/t26-,28-;/m0./s1. The molecule has 0 bridgehead atoms. The number of phenolic OH excluding ortho intramolecular Hbond substituents is 1. The molecule has 6 heteroatoms. The Kier molecular flexibility index (Phi) is 6.03. The molecule has 174 valence electrons. The minimum atomic E-state index is 0. The predicted octanol–water partition coefficient (Wildman–Crippen LogP) is 6.72. The number of nitrogens with zero attached hydrogens (tertiary/aromatic N) is 2. The van der Waals surface area contributed by atoms with E-state index in [-0.39, 0.29) is 37.6 Å². The summed E-state index contributed by atoms with van der Waals surface area (Å²) in [6.07, 6.45) is 1.03. The maximum absolute atomic E-state index is 10.1. The fourth-order valence-electron chi connectivity index (χ4n) is 4.89. The van der Waals surface area contributed by atoms with Crippen molar-refractivity contribution in [3.05, 3.63) is 95.6 Å². The molecule has 2 heterocycles. The molecule has 0 radical (unpaired) electrons. The minimum absolute atomic E-state index is 0. The Morgan fingerprint density at radius 3 is 2.71 bits per heavy atom. The van der Waals surface area contributed by atoms with Crippen LogP contribution in [0.5, 0.6) is 17.4 Å². The fourth-order valence-corrected chi connectivity index (χ4v) is 6.39. The average molecular weight is 647 g/mol. The minimum Gasteiger partial charge on any atom is -0.506 e. The summed E-state index contributed by atoms with van der Waals surface area (Å²) in [4.78, 5) is 9.68. The second-order valence-electron chi connectivity index (χ2n) is 8.95. The van der Waals surface area contributed by atoms with Gasteiger partial charge in [-0.3, -0.25) is 0 Å². The van der Waals surface area contributed by atoms with Crippen molar-refractivity contribution in [1.82, 2.24) is 4.98 Å². The molecule has 3 aromatic carbocycles. The van der Waals surface area contributed by atoms with E-state index in [1.807, 2.05) is 42.1 Å². The van der Waals surface area contributed by atoms with E-state index in [0.29, 0.717) is 23.1 Å². The van der Waals surface area contributed by atoms with Crippen LogP contribution in [0.25, 0.3) is 10.9 Å². The van der Waals surface area contributed by atoms with Gasteiger partial charge in [-0.05, 0) is 35.6 Å². The van der Waals surface area contributed by atoms with E-state index >= 15 is 0 Å². The third-order valence-corrected chi connectivity index (χ3v) is 8.41. The van der Waals surface area contributed by atoms with Crippen LogP contribution in [0.2, 0.25) is 0 Å². The third-order valence-electron chi connectivity index (χ3n) is 6.68. The Bertz CT molecular complexity index is 1420. The Morgan fingerprint density at radius 1 is 1.03 bits per heavy atom. The number of hydrogen-bond donors (Lipinski definition) is 1. The first-order valence-electron chi connectivity index (χ1n) is 11.2. The first kappa shape index (κ1) is 23.1. The summed E-state index contributed by atoms with van der Waals surface area (Å²) in [5, 5.41) is 12.0. The Hall–Kier alpha value is -2.62. The molecule has 4 nitrogen and oxygen atoms in total. The van der Waals surface area contributed by atoms with E-state index in [1.54, 1.807) is 18.2 Å². The van der Waals surface area contributed by atoms with Crippen molar-refractivity contribution in [3.63, 3.8) is 0 Å². The number of thioether (sulfide) groups is 1. The number of pyridine rings is 1. The van der Waals surface area contributed by atoms with E-state index in [9.17, 15) is 5.11 Å². The molecule has 1 aromatic heterocycles. The van der Waals surface area contributed by atoms with E-state index in [0.717, 1.165) is 22.4 Å². The summed E-state index contributed by atoms with van der Waals surface area (Å²) < 4.78 is 6.07. The van der Waals surface area contributed by atoms with Crippen LogP contribution in [-0.4, -0.2) is 19.9 Å². The number of aliphatic imine (C=N–C) groups is 1. The maximum atomic E-state index is 10.1. The van der Waals surface area contributed by atoms with Crippen molar-refractivity contribution in [2.75, 3.05) is 0 Å². The van der Waals surface area contributed by atoms with Crippen LogP contribution in [0.4, 0.5) is 0 Å². The summed E-state index contributed by atoms with van der Waals surface area (Å²) in [7, 11) is 0. The number of ether oxygens (including phenoxy) is 1. The Labute approximate surface area is 217 Å². The quantitative estimate of drug-likeness (QED) is 0.251. The van der Waals surface area contributed by atoms with Gasteiger partial charge in [-0.15, -0.1) is 35.5 Å². The van der Waals surface area contributed by atoms with Gasteiger partial charge in [0.25, 0.3) is 0 Å². The number of benzene rings is 3. The van der Waals surface area contributed by atoms with Crippen LogP contribution in [-0.2, 0) is 27.5 Å². The molecule has 1 aliphatic heterocycles. The normalized spacial score (nSPS) is 20.6. The summed E-state index contributed by atoms with van der Waals surface area (Å²) in [5.41, 5.74) is 4.22. The maximum Gasteiger partial charge on any atom is 0.217 e. The number of para-hydroxylation sites is 1. The molecule has 0 saturated heterocycles. The number of phenols is 1. The number of hydrogen-bond acceptors (Lipinski definition) is 5. The first-order chi connectivity index (χ1) is 16.0.